The molecule has 0 radical (unpaired) electrons. The van der Waals surface area contributed by atoms with Crippen LogP contribution in [-0.2, 0) is 20.0 Å². The molecule has 2 rings (SSSR count). The summed E-state index contributed by atoms with van der Waals surface area (Å²) in [7, 11) is -5.38. The summed E-state index contributed by atoms with van der Waals surface area (Å²) in [6.45, 7) is 2.01. The molecule has 0 saturated heterocycles. The standard InChI is InChI=1S/C18H23N3O5S2/c1-5-21(28(4,25)26)16-11-9-14(10-12-16)18(22)19-15-7-6-8-17(13-15)20(2)27(3,23)24/h6-13H,5H2,1-4H3,(H,19,22). The SMILES string of the molecule is CCN(c1ccc(C(=O)Nc2cccc(N(C)S(C)(=O)=O)c2)cc1)S(C)(=O)=O. The van der Waals surface area contributed by atoms with Gasteiger partial charge in [0.15, 0.2) is 0 Å². The number of carbonyl (C=O) groups is 1. The fraction of sp³-hybridized carbons (Fsp3) is 0.278. The first-order chi connectivity index (χ1) is 12.9. The van der Waals surface area contributed by atoms with Crippen molar-refractivity contribution in [3.63, 3.8) is 0 Å². The topological polar surface area (TPSA) is 104 Å². The highest BCUT2D eigenvalue weighted by molar-refractivity contribution is 7.92. The van der Waals surface area contributed by atoms with Crippen molar-refractivity contribution in [1.82, 2.24) is 0 Å². The summed E-state index contributed by atoms with van der Waals surface area (Å²) >= 11 is 0. The first kappa shape index (κ1) is 21.7. The van der Waals surface area contributed by atoms with Gasteiger partial charge in [-0.1, -0.05) is 6.07 Å². The second-order valence-corrected chi connectivity index (χ2v) is 10.1. The van der Waals surface area contributed by atoms with Crippen molar-refractivity contribution in [1.29, 1.82) is 0 Å². The second-order valence-electron chi connectivity index (χ2n) is 6.21. The zero-order chi connectivity index (χ0) is 21.1. The van der Waals surface area contributed by atoms with E-state index in [1.165, 1.54) is 23.5 Å². The Morgan fingerprint density at radius 3 is 2.04 bits per heavy atom. The number of amides is 1. The summed E-state index contributed by atoms with van der Waals surface area (Å²) in [5.41, 5.74) is 1.67. The van der Waals surface area contributed by atoms with E-state index in [2.05, 4.69) is 5.32 Å². The molecule has 0 aliphatic carbocycles. The van der Waals surface area contributed by atoms with E-state index >= 15 is 0 Å². The lowest BCUT2D eigenvalue weighted by Gasteiger charge is -2.20. The molecular formula is C18H23N3O5S2. The van der Waals surface area contributed by atoms with Gasteiger partial charge in [-0.2, -0.15) is 0 Å². The van der Waals surface area contributed by atoms with Crippen LogP contribution in [-0.4, -0.2) is 48.8 Å². The molecule has 1 N–H and O–H groups in total. The van der Waals surface area contributed by atoms with Gasteiger partial charge in [0.05, 0.1) is 23.9 Å². The molecule has 1 amide bonds. The highest BCUT2D eigenvalue weighted by atomic mass is 32.2. The average Bonchev–Trinajstić information content (AvgIpc) is 2.60. The van der Waals surface area contributed by atoms with Gasteiger partial charge in [0.1, 0.15) is 0 Å². The van der Waals surface area contributed by atoms with Gasteiger partial charge in [-0.3, -0.25) is 13.4 Å². The van der Waals surface area contributed by atoms with Gasteiger partial charge in [-0.25, -0.2) is 16.8 Å². The maximum Gasteiger partial charge on any atom is 0.255 e. The van der Waals surface area contributed by atoms with Crippen LogP contribution in [0.1, 0.15) is 17.3 Å². The van der Waals surface area contributed by atoms with E-state index < -0.39 is 26.0 Å². The van der Waals surface area contributed by atoms with Gasteiger partial charge < -0.3 is 5.32 Å². The molecule has 0 fully saturated rings. The minimum atomic E-state index is -3.41. The van der Waals surface area contributed by atoms with Gasteiger partial charge in [0, 0.05) is 24.8 Å². The zero-order valence-corrected chi connectivity index (χ0v) is 17.7. The van der Waals surface area contributed by atoms with E-state index in [9.17, 15) is 21.6 Å². The predicted octanol–water partition coefficient (Wildman–Crippen LogP) is 2.12. The largest absolute Gasteiger partial charge is 0.322 e. The van der Waals surface area contributed by atoms with Gasteiger partial charge in [0.25, 0.3) is 5.91 Å². The number of sulfonamides is 2. The summed E-state index contributed by atoms with van der Waals surface area (Å²) in [6, 6.07) is 12.7. The minimum Gasteiger partial charge on any atom is -0.322 e. The first-order valence-corrected chi connectivity index (χ1v) is 12.1. The fourth-order valence-corrected chi connectivity index (χ4v) is 4.03. The molecule has 2 aromatic carbocycles. The molecule has 0 atom stereocenters. The normalized spacial score (nSPS) is 11.7. The predicted molar refractivity (Wildman–Crippen MR) is 112 cm³/mol. The van der Waals surface area contributed by atoms with Crippen LogP contribution in [0.4, 0.5) is 17.1 Å². The molecule has 28 heavy (non-hydrogen) atoms. The fourth-order valence-electron chi connectivity index (χ4n) is 2.56. The summed E-state index contributed by atoms with van der Waals surface area (Å²) < 4.78 is 49.2. The molecule has 152 valence electrons. The third-order valence-corrected chi connectivity index (χ3v) is 6.55. The van der Waals surface area contributed by atoms with Crippen LogP contribution < -0.4 is 13.9 Å². The van der Waals surface area contributed by atoms with E-state index in [1.54, 1.807) is 43.3 Å². The van der Waals surface area contributed by atoms with Crippen molar-refractivity contribution in [3.05, 3.63) is 54.1 Å². The Hall–Kier alpha value is -2.59. The number of benzene rings is 2. The number of hydrogen-bond acceptors (Lipinski definition) is 5. The lowest BCUT2D eigenvalue weighted by molar-refractivity contribution is 0.102. The third kappa shape index (κ3) is 5.23. The van der Waals surface area contributed by atoms with E-state index in [0.29, 0.717) is 22.6 Å². The molecule has 0 spiro atoms. The van der Waals surface area contributed by atoms with Crippen molar-refractivity contribution >= 4 is 43.0 Å². The van der Waals surface area contributed by atoms with E-state index in [-0.39, 0.29) is 6.54 Å². The van der Waals surface area contributed by atoms with Crippen molar-refractivity contribution in [2.45, 2.75) is 6.92 Å². The van der Waals surface area contributed by atoms with Crippen molar-refractivity contribution in [2.75, 3.05) is 40.0 Å². The van der Waals surface area contributed by atoms with E-state index in [1.807, 2.05) is 0 Å². The number of anilines is 3. The Morgan fingerprint density at radius 2 is 1.54 bits per heavy atom. The van der Waals surface area contributed by atoms with Gasteiger partial charge in [-0.05, 0) is 49.4 Å². The van der Waals surface area contributed by atoms with Crippen molar-refractivity contribution < 1.29 is 21.6 Å². The monoisotopic (exact) mass is 425 g/mol. The van der Waals surface area contributed by atoms with Crippen LogP contribution in [0, 0.1) is 0 Å². The minimum absolute atomic E-state index is 0.283. The van der Waals surface area contributed by atoms with E-state index in [4.69, 9.17) is 0 Å². The van der Waals surface area contributed by atoms with Crippen LogP contribution in [0.25, 0.3) is 0 Å². The van der Waals surface area contributed by atoms with Crippen LogP contribution >= 0.6 is 0 Å². The molecule has 0 aromatic heterocycles. The Kier molecular flexibility index (Phi) is 6.35. The molecule has 0 saturated carbocycles. The maximum atomic E-state index is 12.5. The highest BCUT2D eigenvalue weighted by Crippen LogP contribution is 2.22. The van der Waals surface area contributed by atoms with Crippen LogP contribution in [0.5, 0.6) is 0 Å². The maximum absolute atomic E-state index is 12.5. The van der Waals surface area contributed by atoms with Crippen LogP contribution in [0.3, 0.4) is 0 Å². The lowest BCUT2D eigenvalue weighted by atomic mass is 10.2. The molecule has 0 aliphatic heterocycles. The van der Waals surface area contributed by atoms with Crippen LogP contribution in [0.15, 0.2) is 48.5 Å². The number of nitrogens with one attached hydrogen (secondary N) is 1. The van der Waals surface area contributed by atoms with Crippen molar-refractivity contribution in [2.24, 2.45) is 0 Å². The molecule has 0 unspecified atom stereocenters. The zero-order valence-electron chi connectivity index (χ0n) is 16.1. The third-order valence-electron chi connectivity index (χ3n) is 4.07. The van der Waals surface area contributed by atoms with Gasteiger partial charge in [-0.15, -0.1) is 0 Å². The summed E-state index contributed by atoms with van der Waals surface area (Å²) in [4.78, 5) is 12.5. The second kappa shape index (κ2) is 8.19. The average molecular weight is 426 g/mol. The Balaban J connectivity index is 2.20. The summed E-state index contributed by atoms with van der Waals surface area (Å²) in [5, 5.41) is 2.71. The molecule has 8 nitrogen and oxygen atoms in total. The van der Waals surface area contributed by atoms with Crippen molar-refractivity contribution in [3.8, 4) is 0 Å². The Morgan fingerprint density at radius 1 is 0.929 bits per heavy atom. The first-order valence-electron chi connectivity index (χ1n) is 8.36. The van der Waals surface area contributed by atoms with E-state index in [0.717, 1.165) is 16.8 Å². The summed E-state index contributed by atoms with van der Waals surface area (Å²) in [6.07, 6.45) is 2.22. The number of hydrogen-bond donors (Lipinski definition) is 1. The highest BCUT2D eigenvalue weighted by Gasteiger charge is 2.16. The smallest absolute Gasteiger partial charge is 0.255 e. The quantitative estimate of drug-likeness (QED) is 0.732. The number of nitrogens with zero attached hydrogens (tertiary/aromatic N) is 2. The van der Waals surface area contributed by atoms with Gasteiger partial charge >= 0.3 is 0 Å². The Bertz CT molecular complexity index is 1060. The molecular weight excluding hydrogens is 402 g/mol. The molecule has 0 heterocycles. The lowest BCUT2D eigenvalue weighted by Crippen LogP contribution is -2.29. The summed E-state index contributed by atoms with van der Waals surface area (Å²) in [5.74, 6) is -0.395. The molecule has 0 aliphatic rings. The van der Waals surface area contributed by atoms with Crippen LogP contribution in [0.2, 0.25) is 0 Å². The molecule has 10 heteroatoms. The van der Waals surface area contributed by atoms with Gasteiger partial charge in [0.2, 0.25) is 20.0 Å². The Labute approximate surface area is 165 Å². The number of rotatable bonds is 7. The number of carbonyl (C=O) groups excluding carboxylic acids is 1. The molecule has 2 aromatic rings. The molecule has 0 bridgehead atoms.